The molecule has 164 valence electrons. The van der Waals surface area contributed by atoms with Crippen LogP contribution in [0.2, 0.25) is 0 Å². The highest BCUT2D eigenvalue weighted by Gasteiger charge is 2.32. The summed E-state index contributed by atoms with van der Waals surface area (Å²) in [6.45, 7) is 4.07. The molecule has 10 heteroatoms. The molecule has 2 amide bonds. The molecule has 0 aliphatic carbocycles. The highest BCUT2D eigenvalue weighted by molar-refractivity contribution is 14.1. The Labute approximate surface area is 216 Å². The minimum atomic E-state index is -0.981. The molecule has 1 fully saturated rings. The Hall–Kier alpha value is -2.32. The summed E-state index contributed by atoms with van der Waals surface area (Å²) in [5, 5.41) is 11.6. The zero-order chi connectivity index (χ0) is 23.4. The van der Waals surface area contributed by atoms with E-state index in [1.807, 2.05) is 12.1 Å². The number of rotatable bonds is 7. The molecule has 1 heterocycles. The van der Waals surface area contributed by atoms with Gasteiger partial charge in [0.1, 0.15) is 17.9 Å². The largest absolute Gasteiger partial charge is 0.487 e. The van der Waals surface area contributed by atoms with Crippen molar-refractivity contribution < 1.29 is 24.2 Å². The lowest BCUT2D eigenvalue weighted by atomic mass is 10.1. The van der Waals surface area contributed by atoms with Crippen molar-refractivity contribution in [2.75, 3.05) is 6.54 Å². The Balaban J connectivity index is 1.81. The van der Waals surface area contributed by atoms with Crippen LogP contribution in [0.3, 0.4) is 0 Å². The van der Waals surface area contributed by atoms with Gasteiger partial charge in [0, 0.05) is 6.54 Å². The minimum absolute atomic E-state index is 0.0146. The molecule has 2 aromatic carbocycles. The van der Waals surface area contributed by atoms with Gasteiger partial charge in [-0.25, -0.2) is 4.79 Å². The van der Waals surface area contributed by atoms with Gasteiger partial charge >= 0.3 is 5.97 Å². The van der Waals surface area contributed by atoms with Crippen molar-refractivity contribution in [3.05, 3.63) is 78.5 Å². The van der Waals surface area contributed by atoms with Gasteiger partial charge in [-0.05, 0) is 98.9 Å². The van der Waals surface area contributed by atoms with Crippen molar-refractivity contribution >= 4 is 86.4 Å². The van der Waals surface area contributed by atoms with Crippen molar-refractivity contribution in [3.63, 3.8) is 0 Å². The average Bonchev–Trinajstić information content (AvgIpc) is 2.74. The predicted molar refractivity (Wildman–Crippen MR) is 140 cm³/mol. The van der Waals surface area contributed by atoms with Crippen LogP contribution in [0.25, 0.3) is 6.08 Å². The van der Waals surface area contributed by atoms with Crippen molar-refractivity contribution in [2.24, 2.45) is 0 Å². The Morgan fingerprint density at radius 3 is 2.38 bits per heavy atom. The van der Waals surface area contributed by atoms with E-state index in [2.05, 4.69) is 57.1 Å². The molecule has 2 N–H and O–H groups in total. The topological polar surface area (TPSA) is 95.9 Å². The maximum Gasteiger partial charge on any atom is 0.335 e. The predicted octanol–water partition coefficient (Wildman–Crippen LogP) is 3.99. The molecule has 32 heavy (non-hydrogen) atoms. The first kappa shape index (κ1) is 24.3. The number of nitrogens with zero attached hydrogens (tertiary/aromatic N) is 1. The number of thiocarbonyl (C=S) groups is 1. The van der Waals surface area contributed by atoms with Gasteiger partial charge in [-0.2, -0.15) is 0 Å². The second-order valence-electron chi connectivity index (χ2n) is 6.63. The van der Waals surface area contributed by atoms with Gasteiger partial charge in [0.05, 0.1) is 12.7 Å². The van der Waals surface area contributed by atoms with Crippen LogP contribution in [0.4, 0.5) is 0 Å². The van der Waals surface area contributed by atoms with Crippen LogP contribution in [-0.2, 0) is 16.2 Å². The number of hydrogen-bond donors (Lipinski definition) is 2. The molecule has 1 aliphatic rings. The number of amides is 2. The molecule has 0 spiro atoms. The van der Waals surface area contributed by atoms with E-state index in [0.717, 1.165) is 12.7 Å². The number of carboxylic acid groups (broad SMARTS) is 1. The standard InChI is InChI=1S/C22H16I2N2O5S/c1-2-7-26-20(28)15(19(27)25-22(26)32)8-13-9-16(23)18(17(24)10-13)31-11-12-3-5-14(6-4-12)21(29)30/h2-6,8-10H,1,7,11H2,(H,29,30)(H,25,27,32)/b15-8+. The van der Waals surface area contributed by atoms with Crippen LogP contribution in [0, 0.1) is 7.14 Å². The SMILES string of the molecule is C=CCN1C(=O)/C(=C/c2cc(I)c(OCc3ccc(C(=O)O)cc3)c(I)c2)C(=O)NC1=S. The minimum Gasteiger partial charge on any atom is -0.487 e. The summed E-state index contributed by atoms with van der Waals surface area (Å²) in [4.78, 5) is 37.3. The summed E-state index contributed by atoms with van der Waals surface area (Å²) in [5.74, 6) is -1.35. The maximum atomic E-state index is 12.7. The normalized spacial score (nSPS) is 15.0. The number of halogens is 2. The van der Waals surface area contributed by atoms with Crippen molar-refractivity contribution in [2.45, 2.75) is 6.61 Å². The number of benzene rings is 2. The highest BCUT2D eigenvalue weighted by Crippen LogP contribution is 2.31. The van der Waals surface area contributed by atoms with Crippen LogP contribution in [0.15, 0.2) is 54.6 Å². The molecule has 0 bridgehead atoms. The second kappa shape index (κ2) is 10.5. The third-order valence-corrected chi connectivity index (χ3v) is 6.34. The molecule has 0 unspecified atom stereocenters. The number of carbonyl (C=O) groups excluding carboxylic acids is 2. The lowest BCUT2D eigenvalue weighted by Crippen LogP contribution is -2.53. The molecule has 0 saturated carbocycles. The number of ether oxygens (including phenoxy) is 1. The summed E-state index contributed by atoms with van der Waals surface area (Å²) in [6.07, 6.45) is 3.06. The van der Waals surface area contributed by atoms with Gasteiger partial charge in [0.2, 0.25) is 0 Å². The third-order valence-electron chi connectivity index (χ3n) is 4.41. The summed E-state index contributed by atoms with van der Waals surface area (Å²) in [5.41, 5.74) is 1.70. The van der Waals surface area contributed by atoms with E-state index in [-0.39, 0.29) is 29.4 Å². The molecule has 0 atom stereocenters. The van der Waals surface area contributed by atoms with Gasteiger partial charge in [-0.15, -0.1) is 6.58 Å². The van der Waals surface area contributed by atoms with Gasteiger partial charge < -0.3 is 9.84 Å². The number of carboxylic acids is 1. The van der Waals surface area contributed by atoms with Gasteiger partial charge in [-0.1, -0.05) is 18.2 Å². The van der Waals surface area contributed by atoms with E-state index in [4.69, 9.17) is 22.1 Å². The first-order chi connectivity index (χ1) is 15.2. The van der Waals surface area contributed by atoms with E-state index in [9.17, 15) is 14.4 Å². The Bertz CT molecular complexity index is 1140. The number of nitrogens with one attached hydrogen (secondary N) is 1. The van der Waals surface area contributed by atoms with E-state index in [0.29, 0.717) is 11.3 Å². The summed E-state index contributed by atoms with van der Waals surface area (Å²) in [6, 6.07) is 10.1. The monoisotopic (exact) mass is 674 g/mol. The fourth-order valence-electron chi connectivity index (χ4n) is 2.86. The van der Waals surface area contributed by atoms with E-state index in [1.165, 1.54) is 29.2 Å². The van der Waals surface area contributed by atoms with E-state index in [1.54, 1.807) is 12.1 Å². The third kappa shape index (κ3) is 5.53. The average molecular weight is 674 g/mol. The smallest absolute Gasteiger partial charge is 0.335 e. The molecule has 3 rings (SSSR count). The molecule has 2 aromatic rings. The van der Waals surface area contributed by atoms with Crippen molar-refractivity contribution in [3.8, 4) is 5.75 Å². The Kier molecular flexibility index (Phi) is 8.00. The van der Waals surface area contributed by atoms with Crippen LogP contribution in [0.1, 0.15) is 21.5 Å². The number of hydrogen-bond acceptors (Lipinski definition) is 5. The molecule has 0 radical (unpaired) electrons. The lowest BCUT2D eigenvalue weighted by Gasteiger charge is -2.27. The molecule has 7 nitrogen and oxygen atoms in total. The molecular formula is C22H16I2N2O5S. The lowest BCUT2D eigenvalue weighted by molar-refractivity contribution is -0.128. The molecule has 1 saturated heterocycles. The van der Waals surface area contributed by atoms with Gasteiger partial charge in [-0.3, -0.25) is 19.8 Å². The zero-order valence-corrected chi connectivity index (χ0v) is 21.6. The Morgan fingerprint density at radius 2 is 1.81 bits per heavy atom. The van der Waals surface area contributed by atoms with Crippen LogP contribution >= 0.6 is 57.4 Å². The summed E-state index contributed by atoms with van der Waals surface area (Å²) >= 11 is 9.32. The van der Waals surface area contributed by atoms with Gasteiger partial charge in [0.25, 0.3) is 11.8 Å². The quantitative estimate of drug-likeness (QED) is 0.152. The molecule has 0 aromatic heterocycles. The van der Waals surface area contributed by atoms with Crippen LogP contribution in [-0.4, -0.2) is 39.4 Å². The summed E-state index contributed by atoms with van der Waals surface area (Å²) < 4.78 is 7.53. The van der Waals surface area contributed by atoms with Crippen molar-refractivity contribution in [1.29, 1.82) is 0 Å². The summed E-state index contributed by atoms with van der Waals surface area (Å²) in [7, 11) is 0. The first-order valence-corrected chi connectivity index (χ1v) is 11.7. The fourth-order valence-corrected chi connectivity index (χ4v) is 5.23. The van der Waals surface area contributed by atoms with E-state index >= 15 is 0 Å². The molecule has 1 aliphatic heterocycles. The first-order valence-electron chi connectivity index (χ1n) is 9.15. The van der Waals surface area contributed by atoms with Crippen molar-refractivity contribution in [1.82, 2.24) is 10.2 Å². The van der Waals surface area contributed by atoms with E-state index < -0.39 is 17.8 Å². The molecular weight excluding hydrogens is 658 g/mol. The zero-order valence-electron chi connectivity index (χ0n) is 16.4. The fraction of sp³-hybridized carbons (Fsp3) is 0.0909. The van der Waals surface area contributed by atoms with Crippen LogP contribution in [0.5, 0.6) is 5.75 Å². The maximum absolute atomic E-state index is 12.7. The second-order valence-corrected chi connectivity index (χ2v) is 9.34. The number of carbonyl (C=O) groups is 3. The van der Waals surface area contributed by atoms with Gasteiger partial charge in [0.15, 0.2) is 5.11 Å². The highest BCUT2D eigenvalue weighted by atomic mass is 127. The number of aromatic carboxylic acids is 1. The van der Waals surface area contributed by atoms with Crippen LogP contribution < -0.4 is 10.1 Å². The Morgan fingerprint density at radius 1 is 1.19 bits per heavy atom.